The maximum atomic E-state index is 14.5. The summed E-state index contributed by atoms with van der Waals surface area (Å²) in [5.41, 5.74) is 3.35. The van der Waals surface area contributed by atoms with Crippen molar-refractivity contribution in [3.05, 3.63) is 35.3 Å². The molecule has 3 rings (SSSR count). The molecule has 22 heavy (non-hydrogen) atoms. The summed E-state index contributed by atoms with van der Waals surface area (Å²) in [5.74, 6) is 0.408. The monoisotopic (exact) mass is 319 g/mol. The molecule has 1 aliphatic carbocycles. The fraction of sp³-hybridized carbons (Fsp3) is 0.471. The van der Waals surface area contributed by atoms with Crippen LogP contribution in [0, 0.1) is 11.7 Å². The highest BCUT2D eigenvalue weighted by molar-refractivity contribution is 7.97. The third kappa shape index (κ3) is 3.20. The molecule has 1 aromatic rings. The zero-order chi connectivity index (χ0) is 15.5. The van der Waals surface area contributed by atoms with E-state index in [-0.39, 0.29) is 5.82 Å². The van der Waals surface area contributed by atoms with E-state index < -0.39 is 0 Å². The number of hydrogen-bond donors (Lipinski definition) is 2. The Morgan fingerprint density at radius 2 is 2.18 bits per heavy atom. The van der Waals surface area contributed by atoms with E-state index >= 15 is 0 Å². The average Bonchev–Trinajstić information content (AvgIpc) is 3.18. The zero-order valence-electron chi connectivity index (χ0n) is 13.1. The van der Waals surface area contributed by atoms with Crippen LogP contribution in [-0.4, -0.2) is 12.8 Å². The highest BCUT2D eigenvalue weighted by Gasteiger charge is 2.20. The topological polar surface area (TPSA) is 36.4 Å². The number of hydrogen-bond acceptors (Lipinski definition) is 4. The van der Waals surface area contributed by atoms with Crippen LogP contribution in [0.25, 0.3) is 0 Å². The molecule has 5 heteroatoms. The molecule has 0 unspecified atom stereocenters. The van der Waals surface area contributed by atoms with Gasteiger partial charge in [0.1, 0.15) is 0 Å². The summed E-state index contributed by atoms with van der Waals surface area (Å²) in [7, 11) is 1.84. The van der Waals surface area contributed by atoms with Crippen LogP contribution in [0.3, 0.4) is 0 Å². The van der Waals surface area contributed by atoms with Gasteiger partial charge in [-0.1, -0.05) is 12.8 Å². The van der Waals surface area contributed by atoms with Crippen molar-refractivity contribution >= 4 is 23.3 Å². The predicted molar refractivity (Wildman–Crippen MR) is 91.8 cm³/mol. The lowest BCUT2D eigenvalue weighted by Gasteiger charge is -2.13. The second-order valence-electron chi connectivity index (χ2n) is 5.91. The smallest absolute Gasteiger partial charge is 0.152 e. The van der Waals surface area contributed by atoms with E-state index in [1.807, 2.05) is 26.1 Å². The van der Waals surface area contributed by atoms with Gasteiger partial charge in [-0.05, 0) is 49.9 Å². The molecule has 1 fully saturated rings. The Hall–Kier alpha value is -1.33. The number of benzene rings is 1. The minimum absolute atomic E-state index is 0.154. The summed E-state index contributed by atoms with van der Waals surface area (Å²) >= 11 is 1.49. The lowest BCUT2D eigenvalue weighted by Crippen LogP contribution is -2.11. The number of aliphatic imine (C=N–C) groups is 1. The first-order valence-electron chi connectivity index (χ1n) is 7.82. The number of fused-ring (bicyclic) bond motifs is 1. The van der Waals surface area contributed by atoms with Crippen LogP contribution >= 0.6 is 11.9 Å². The van der Waals surface area contributed by atoms with Crippen molar-refractivity contribution in [2.45, 2.75) is 44.0 Å². The molecule has 118 valence electrons. The molecule has 0 bridgehead atoms. The fourth-order valence-electron chi connectivity index (χ4n) is 3.20. The molecule has 1 heterocycles. The number of halogens is 1. The summed E-state index contributed by atoms with van der Waals surface area (Å²) in [4.78, 5) is 5.40. The van der Waals surface area contributed by atoms with Crippen molar-refractivity contribution in [1.82, 2.24) is 4.72 Å². The molecule has 0 aromatic heterocycles. The summed E-state index contributed by atoms with van der Waals surface area (Å²) in [6.45, 7) is 2.55. The van der Waals surface area contributed by atoms with E-state index in [9.17, 15) is 4.39 Å². The van der Waals surface area contributed by atoms with Crippen molar-refractivity contribution in [2.75, 3.05) is 12.4 Å². The third-order valence-corrected chi connectivity index (χ3v) is 5.25. The second-order valence-corrected chi connectivity index (χ2v) is 6.84. The van der Waals surface area contributed by atoms with Crippen LogP contribution in [0.2, 0.25) is 0 Å². The number of anilines is 1. The minimum Gasteiger partial charge on any atom is -0.357 e. The van der Waals surface area contributed by atoms with Crippen LogP contribution in [0.5, 0.6) is 0 Å². The first kappa shape index (κ1) is 15.6. The van der Waals surface area contributed by atoms with Gasteiger partial charge in [0.15, 0.2) is 5.82 Å². The number of rotatable bonds is 4. The average molecular weight is 319 g/mol. The van der Waals surface area contributed by atoms with Gasteiger partial charge in [0.05, 0.1) is 5.69 Å². The van der Waals surface area contributed by atoms with Crippen LogP contribution in [0.1, 0.15) is 38.2 Å². The number of nitrogens with zero attached hydrogens (tertiary/aromatic N) is 1. The molecule has 1 aliphatic heterocycles. The molecule has 2 aliphatic rings. The van der Waals surface area contributed by atoms with Gasteiger partial charge in [-0.15, -0.1) is 0 Å². The van der Waals surface area contributed by atoms with Gasteiger partial charge in [-0.25, -0.2) is 4.39 Å². The highest BCUT2D eigenvalue weighted by Crippen LogP contribution is 2.33. The fourth-order valence-corrected chi connectivity index (χ4v) is 4.00. The third-order valence-electron chi connectivity index (χ3n) is 4.36. The number of allylic oxidation sites excluding steroid dienone is 2. The van der Waals surface area contributed by atoms with Gasteiger partial charge in [-0.3, -0.25) is 9.71 Å². The quantitative estimate of drug-likeness (QED) is 0.633. The Labute approximate surface area is 135 Å². The SMILES string of the molecule is CN=C(/C=C(\C)Nc1ccc2c(c1F)CNS2)C1CCCC1. The first-order valence-corrected chi connectivity index (χ1v) is 8.63. The van der Waals surface area contributed by atoms with Gasteiger partial charge >= 0.3 is 0 Å². The zero-order valence-corrected chi connectivity index (χ0v) is 13.9. The predicted octanol–water partition coefficient (Wildman–Crippen LogP) is 4.51. The lowest BCUT2D eigenvalue weighted by molar-refractivity contribution is 0.609. The van der Waals surface area contributed by atoms with Crippen LogP contribution in [0.15, 0.2) is 33.8 Å². The van der Waals surface area contributed by atoms with Gasteiger partial charge in [0.2, 0.25) is 0 Å². The summed E-state index contributed by atoms with van der Waals surface area (Å²) in [6, 6.07) is 3.77. The van der Waals surface area contributed by atoms with Crippen LogP contribution in [-0.2, 0) is 6.54 Å². The van der Waals surface area contributed by atoms with Gasteiger partial charge in [-0.2, -0.15) is 0 Å². The minimum atomic E-state index is -0.154. The normalized spacial score (nSPS) is 19.6. The largest absolute Gasteiger partial charge is 0.357 e. The van der Waals surface area contributed by atoms with Gasteiger partial charge < -0.3 is 5.32 Å². The standard InChI is InChI=1S/C17H22FN3S/c1-11(9-15(19-2)12-5-3-4-6-12)21-14-7-8-16-13(17(14)18)10-20-22-16/h7-9,12,20-21H,3-6,10H2,1-2H3/b11-9+,19-15?. The first-order chi connectivity index (χ1) is 10.7. The van der Waals surface area contributed by atoms with E-state index in [4.69, 9.17) is 0 Å². The van der Waals surface area contributed by atoms with Crippen molar-refractivity contribution in [3.8, 4) is 0 Å². The molecule has 0 spiro atoms. The van der Waals surface area contributed by atoms with E-state index in [0.717, 1.165) is 21.9 Å². The number of nitrogens with one attached hydrogen (secondary N) is 2. The molecule has 3 nitrogen and oxygen atoms in total. The molecular weight excluding hydrogens is 297 g/mol. The van der Waals surface area contributed by atoms with E-state index in [1.54, 1.807) is 0 Å². The molecular formula is C17H22FN3S. The molecule has 2 N–H and O–H groups in total. The lowest BCUT2D eigenvalue weighted by atomic mass is 10.0. The van der Waals surface area contributed by atoms with E-state index in [0.29, 0.717) is 18.2 Å². The van der Waals surface area contributed by atoms with E-state index in [2.05, 4.69) is 21.1 Å². The van der Waals surface area contributed by atoms with Crippen molar-refractivity contribution < 1.29 is 4.39 Å². The Morgan fingerprint density at radius 1 is 1.41 bits per heavy atom. The summed E-state index contributed by atoms with van der Waals surface area (Å²) < 4.78 is 17.6. The molecule has 0 saturated heterocycles. The van der Waals surface area contributed by atoms with Crippen molar-refractivity contribution in [1.29, 1.82) is 0 Å². The molecule has 0 radical (unpaired) electrons. The Bertz CT molecular complexity index is 619. The second kappa shape index (κ2) is 6.84. The summed E-state index contributed by atoms with van der Waals surface area (Å²) in [5, 5.41) is 3.20. The van der Waals surface area contributed by atoms with Gasteiger partial charge in [0.25, 0.3) is 0 Å². The summed E-state index contributed by atoms with van der Waals surface area (Å²) in [6.07, 6.45) is 7.07. The van der Waals surface area contributed by atoms with Crippen LogP contribution in [0.4, 0.5) is 10.1 Å². The van der Waals surface area contributed by atoms with Crippen molar-refractivity contribution in [3.63, 3.8) is 0 Å². The molecule has 1 aromatic carbocycles. The Kier molecular flexibility index (Phi) is 4.84. The molecule has 0 amide bonds. The maximum absolute atomic E-state index is 14.5. The molecule has 1 saturated carbocycles. The highest BCUT2D eigenvalue weighted by atomic mass is 32.2. The van der Waals surface area contributed by atoms with Crippen molar-refractivity contribution in [2.24, 2.45) is 10.9 Å². The Morgan fingerprint density at radius 3 is 2.91 bits per heavy atom. The van der Waals surface area contributed by atoms with E-state index in [1.165, 1.54) is 37.6 Å². The maximum Gasteiger partial charge on any atom is 0.152 e. The Balaban J connectivity index is 1.76. The van der Waals surface area contributed by atoms with Gasteiger partial charge in [0, 0.05) is 41.4 Å². The molecule has 0 atom stereocenters. The van der Waals surface area contributed by atoms with Crippen LogP contribution < -0.4 is 10.0 Å².